The molecule has 0 aliphatic carbocycles. The number of benzene rings is 1. The molecular weight excluding hydrogens is 222 g/mol. The van der Waals surface area contributed by atoms with Gasteiger partial charge in [-0.2, -0.15) is 0 Å². The maximum absolute atomic E-state index is 5.83. The van der Waals surface area contributed by atoms with E-state index in [1.165, 1.54) is 0 Å². The summed E-state index contributed by atoms with van der Waals surface area (Å²) in [5.74, 6) is 2.54. The molecule has 0 aliphatic rings. The number of terminal acetylenes is 1. The Morgan fingerprint density at radius 2 is 2.06 bits per heavy atom. The highest BCUT2D eigenvalue weighted by Crippen LogP contribution is 2.22. The van der Waals surface area contributed by atoms with Crippen molar-refractivity contribution in [1.29, 1.82) is 0 Å². The van der Waals surface area contributed by atoms with Crippen molar-refractivity contribution in [2.24, 2.45) is 10.3 Å². The Kier molecular flexibility index (Phi) is 4.81. The van der Waals surface area contributed by atoms with Gasteiger partial charge in [0, 0.05) is 18.1 Å². The first-order chi connectivity index (χ1) is 7.71. The number of rotatable bonds is 4. The highest BCUT2D eigenvalue weighted by atomic mass is 35.5. The first-order valence-corrected chi connectivity index (χ1v) is 5.51. The first kappa shape index (κ1) is 12.5. The molecular formula is C12H14ClN3. The summed E-state index contributed by atoms with van der Waals surface area (Å²) >= 11 is 5.83. The molecule has 0 unspecified atom stereocenters. The van der Waals surface area contributed by atoms with Crippen LogP contribution in [-0.4, -0.2) is 18.1 Å². The Labute approximate surface area is 101 Å². The van der Waals surface area contributed by atoms with Crippen LogP contribution in [0.1, 0.15) is 19.4 Å². The van der Waals surface area contributed by atoms with Gasteiger partial charge in [-0.25, -0.2) is 0 Å². The summed E-state index contributed by atoms with van der Waals surface area (Å²) in [7, 11) is 0. The number of hydrogen-bond acceptors (Lipinski definition) is 2. The van der Waals surface area contributed by atoms with E-state index in [-0.39, 0.29) is 0 Å². The normalized spacial score (nSPS) is 10.4. The molecule has 0 radical (unpaired) electrons. The van der Waals surface area contributed by atoms with E-state index in [0.29, 0.717) is 16.3 Å². The fourth-order valence-corrected chi connectivity index (χ4v) is 1.34. The Balaban J connectivity index is 2.93. The summed E-state index contributed by atoms with van der Waals surface area (Å²) in [6.45, 7) is 5.68. The molecule has 1 aromatic rings. The summed E-state index contributed by atoms with van der Waals surface area (Å²) in [4.78, 5) is 0. The van der Waals surface area contributed by atoms with Gasteiger partial charge in [0.05, 0.1) is 5.56 Å². The summed E-state index contributed by atoms with van der Waals surface area (Å²) in [5.41, 5.74) is 1.32. The fraction of sp³-hybridized carbons (Fsp3) is 0.333. The second-order valence-corrected chi connectivity index (χ2v) is 3.57. The Morgan fingerprint density at radius 3 is 2.62 bits per heavy atom. The summed E-state index contributed by atoms with van der Waals surface area (Å²) in [5, 5.41) is 10.6. The predicted octanol–water partition coefficient (Wildman–Crippen LogP) is 3.66. The minimum atomic E-state index is 0.606. The predicted molar refractivity (Wildman–Crippen MR) is 66.8 cm³/mol. The van der Waals surface area contributed by atoms with Gasteiger partial charge in [0.15, 0.2) is 0 Å². The molecule has 84 valence electrons. The molecule has 0 bridgehead atoms. The lowest BCUT2D eigenvalue weighted by atomic mass is 10.2. The van der Waals surface area contributed by atoms with Gasteiger partial charge in [0.2, 0.25) is 0 Å². The fourth-order valence-electron chi connectivity index (χ4n) is 1.17. The number of halogens is 1. The van der Waals surface area contributed by atoms with Gasteiger partial charge in [-0.05, 0) is 32.0 Å². The second-order valence-electron chi connectivity index (χ2n) is 3.13. The zero-order valence-electron chi connectivity index (χ0n) is 9.44. The van der Waals surface area contributed by atoms with Gasteiger partial charge in [-0.3, -0.25) is 5.01 Å². The van der Waals surface area contributed by atoms with Crippen LogP contribution in [0.3, 0.4) is 0 Å². The zero-order chi connectivity index (χ0) is 12.0. The van der Waals surface area contributed by atoms with Crippen LogP contribution in [0.5, 0.6) is 0 Å². The van der Waals surface area contributed by atoms with E-state index in [2.05, 4.69) is 16.3 Å². The van der Waals surface area contributed by atoms with E-state index in [4.69, 9.17) is 18.0 Å². The molecule has 0 atom stereocenters. The van der Waals surface area contributed by atoms with Gasteiger partial charge >= 0.3 is 0 Å². The lowest BCUT2D eigenvalue weighted by molar-refractivity contribution is 0.300. The lowest BCUT2D eigenvalue weighted by Crippen LogP contribution is -2.14. The zero-order valence-corrected chi connectivity index (χ0v) is 10.2. The Hall–Kier alpha value is -1.53. The van der Waals surface area contributed by atoms with E-state index < -0.39 is 0 Å². The van der Waals surface area contributed by atoms with Crippen LogP contribution in [0.25, 0.3) is 0 Å². The van der Waals surface area contributed by atoms with E-state index in [1.807, 2.05) is 18.9 Å². The maximum atomic E-state index is 5.83. The number of nitrogens with zero attached hydrogens (tertiary/aromatic N) is 3. The van der Waals surface area contributed by atoms with Crippen LogP contribution in [0.15, 0.2) is 28.5 Å². The van der Waals surface area contributed by atoms with Crippen molar-refractivity contribution in [2.45, 2.75) is 13.8 Å². The topological polar surface area (TPSA) is 28.0 Å². The molecule has 0 spiro atoms. The molecule has 0 N–H and O–H groups in total. The van der Waals surface area contributed by atoms with Crippen molar-refractivity contribution in [2.75, 3.05) is 13.1 Å². The third-order valence-corrected chi connectivity index (χ3v) is 2.36. The van der Waals surface area contributed by atoms with Crippen molar-refractivity contribution in [3.05, 3.63) is 28.8 Å². The average molecular weight is 236 g/mol. The molecule has 1 aromatic carbocycles. The highest BCUT2D eigenvalue weighted by Gasteiger charge is 2.00. The van der Waals surface area contributed by atoms with Crippen molar-refractivity contribution in [3.8, 4) is 12.3 Å². The largest absolute Gasteiger partial charge is 0.279 e. The molecule has 0 saturated carbocycles. The van der Waals surface area contributed by atoms with Gasteiger partial charge in [-0.15, -0.1) is 11.5 Å². The Bertz CT molecular complexity index is 417. The van der Waals surface area contributed by atoms with Crippen LogP contribution < -0.4 is 0 Å². The van der Waals surface area contributed by atoms with Gasteiger partial charge in [0.1, 0.15) is 5.69 Å². The first-order valence-electron chi connectivity index (χ1n) is 5.14. The van der Waals surface area contributed by atoms with Gasteiger partial charge < -0.3 is 0 Å². The molecule has 1 rings (SSSR count). The quantitative estimate of drug-likeness (QED) is 0.445. The van der Waals surface area contributed by atoms with Crippen LogP contribution in [0, 0.1) is 12.3 Å². The minimum Gasteiger partial charge on any atom is -0.279 e. The van der Waals surface area contributed by atoms with E-state index in [9.17, 15) is 0 Å². The molecule has 4 heteroatoms. The second kappa shape index (κ2) is 6.14. The van der Waals surface area contributed by atoms with E-state index in [1.54, 1.807) is 18.2 Å². The summed E-state index contributed by atoms with van der Waals surface area (Å²) in [6.07, 6.45) is 5.37. The standard InChI is InChI=1S/C12H14ClN3/c1-4-10-9-11(13)7-8-12(10)14-15-16(5-2)6-3/h1,7-9H,5-6H2,2-3H3. The Morgan fingerprint density at radius 1 is 1.38 bits per heavy atom. The molecule has 0 amide bonds. The lowest BCUT2D eigenvalue weighted by Gasteiger charge is -2.11. The molecule has 0 heterocycles. The molecule has 0 aliphatic heterocycles. The van der Waals surface area contributed by atoms with Crippen molar-refractivity contribution >= 4 is 17.3 Å². The SMILES string of the molecule is C#Cc1cc(Cl)ccc1N=NN(CC)CC. The third-order valence-electron chi connectivity index (χ3n) is 2.12. The van der Waals surface area contributed by atoms with Gasteiger partial charge in [-0.1, -0.05) is 22.7 Å². The third kappa shape index (κ3) is 3.25. The summed E-state index contributed by atoms with van der Waals surface area (Å²) in [6, 6.07) is 5.22. The highest BCUT2D eigenvalue weighted by molar-refractivity contribution is 6.30. The molecule has 0 saturated heterocycles. The van der Waals surface area contributed by atoms with E-state index >= 15 is 0 Å². The van der Waals surface area contributed by atoms with E-state index in [0.717, 1.165) is 13.1 Å². The van der Waals surface area contributed by atoms with Crippen molar-refractivity contribution in [1.82, 2.24) is 5.01 Å². The monoisotopic (exact) mass is 235 g/mol. The smallest absolute Gasteiger partial charge is 0.103 e. The maximum Gasteiger partial charge on any atom is 0.103 e. The van der Waals surface area contributed by atoms with Crippen LogP contribution in [0.2, 0.25) is 5.02 Å². The molecule has 3 nitrogen and oxygen atoms in total. The molecule has 0 aromatic heterocycles. The average Bonchev–Trinajstić information content (AvgIpc) is 2.31. The summed E-state index contributed by atoms with van der Waals surface area (Å²) < 4.78 is 0. The van der Waals surface area contributed by atoms with Crippen LogP contribution >= 0.6 is 11.6 Å². The molecule has 16 heavy (non-hydrogen) atoms. The van der Waals surface area contributed by atoms with Crippen LogP contribution in [0.4, 0.5) is 5.69 Å². The van der Waals surface area contributed by atoms with Crippen LogP contribution in [-0.2, 0) is 0 Å². The molecule has 0 fully saturated rings. The van der Waals surface area contributed by atoms with Crippen molar-refractivity contribution in [3.63, 3.8) is 0 Å². The van der Waals surface area contributed by atoms with Crippen molar-refractivity contribution < 1.29 is 0 Å². The number of hydrogen-bond donors (Lipinski definition) is 0. The van der Waals surface area contributed by atoms with Gasteiger partial charge in [0.25, 0.3) is 0 Å². The minimum absolute atomic E-state index is 0.606.